The standard InChI is InChI=1S/C21H25Cl2F3NO6P/c22-16-4-5-18(23)15(11-16)2-1-9-32-19-6-3-14(10-17(19)21(24,25)26)7-8-20(27,12-28)13-33-34(29,30)31/h3-6,10-11,28H,1-2,7-9,12-13,27H2,(H2,29,30,31). The summed E-state index contributed by atoms with van der Waals surface area (Å²) in [6.45, 7) is -1.34. The summed E-state index contributed by atoms with van der Waals surface area (Å²) >= 11 is 12.0. The molecule has 0 aliphatic heterocycles. The number of hydrogen-bond donors (Lipinski definition) is 4. The molecule has 0 radical (unpaired) electrons. The lowest BCUT2D eigenvalue weighted by Crippen LogP contribution is -2.48. The zero-order valence-electron chi connectivity index (χ0n) is 17.9. The van der Waals surface area contributed by atoms with Gasteiger partial charge in [-0.15, -0.1) is 0 Å². The lowest BCUT2D eigenvalue weighted by atomic mass is 9.93. The van der Waals surface area contributed by atoms with Crippen LogP contribution in [0, 0.1) is 0 Å². The van der Waals surface area contributed by atoms with E-state index in [-0.39, 0.29) is 30.8 Å². The van der Waals surface area contributed by atoms with E-state index in [0.717, 1.165) is 11.6 Å². The highest BCUT2D eigenvalue weighted by molar-refractivity contribution is 7.46. The van der Waals surface area contributed by atoms with E-state index in [9.17, 15) is 22.8 Å². The fraction of sp³-hybridized carbons (Fsp3) is 0.429. The van der Waals surface area contributed by atoms with E-state index >= 15 is 0 Å². The van der Waals surface area contributed by atoms with E-state index < -0.39 is 38.3 Å². The maximum atomic E-state index is 13.6. The third-order valence-corrected chi connectivity index (χ3v) is 6.02. The number of hydrogen-bond acceptors (Lipinski definition) is 5. The number of benzene rings is 2. The molecule has 0 aliphatic rings. The van der Waals surface area contributed by atoms with E-state index in [1.54, 1.807) is 18.2 Å². The molecular weight excluding hydrogens is 521 g/mol. The summed E-state index contributed by atoms with van der Waals surface area (Å²) in [4.78, 5) is 17.6. The van der Waals surface area contributed by atoms with Crippen LogP contribution in [0.4, 0.5) is 13.2 Å². The normalized spacial score (nSPS) is 14.1. The van der Waals surface area contributed by atoms with Crippen molar-refractivity contribution in [2.75, 3.05) is 19.8 Å². The summed E-state index contributed by atoms with van der Waals surface area (Å²) in [7, 11) is -4.82. The smallest absolute Gasteiger partial charge is 0.469 e. The Morgan fingerprint density at radius 3 is 2.38 bits per heavy atom. The van der Waals surface area contributed by atoms with Crippen molar-refractivity contribution < 1.29 is 41.9 Å². The van der Waals surface area contributed by atoms with Gasteiger partial charge in [0.2, 0.25) is 0 Å². The first-order chi connectivity index (χ1) is 15.7. The average Bonchev–Trinajstić information content (AvgIpc) is 2.75. The molecule has 1 unspecified atom stereocenters. The van der Waals surface area contributed by atoms with Crippen LogP contribution < -0.4 is 10.5 Å². The molecule has 0 heterocycles. The van der Waals surface area contributed by atoms with Gasteiger partial charge in [-0.1, -0.05) is 29.3 Å². The number of alkyl halides is 3. The predicted molar refractivity (Wildman–Crippen MR) is 122 cm³/mol. The Morgan fingerprint density at radius 1 is 1.06 bits per heavy atom. The third kappa shape index (κ3) is 9.36. The molecule has 1 atom stereocenters. The van der Waals surface area contributed by atoms with Crippen molar-refractivity contribution in [3.05, 3.63) is 63.1 Å². The van der Waals surface area contributed by atoms with Crippen LogP contribution in [0.25, 0.3) is 0 Å². The molecule has 13 heteroatoms. The Bertz CT molecular complexity index is 1020. The molecule has 0 saturated carbocycles. The first-order valence-electron chi connectivity index (χ1n) is 10.1. The second-order valence-electron chi connectivity index (χ2n) is 7.80. The third-order valence-electron chi connectivity index (χ3n) is 4.95. The van der Waals surface area contributed by atoms with Crippen molar-refractivity contribution >= 4 is 31.0 Å². The second kappa shape index (κ2) is 12.1. The number of aliphatic hydroxyl groups is 1. The highest BCUT2D eigenvalue weighted by Gasteiger charge is 2.35. The van der Waals surface area contributed by atoms with E-state index in [2.05, 4.69) is 4.52 Å². The van der Waals surface area contributed by atoms with Crippen LogP contribution in [0.15, 0.2) is 36.4 Å². The molecule has 0 fully saturated rings. The Morgan fingerprint density at radius 2 is 1.76 bits per heavy atom. The maximum Gasteiger partial charge on any atom is 0.469 e. The van der Waals surface area contributed by atoms with Crippen LogP contribution in [0.3, 0.4) is 0 Å². The van der Waals surface area contributed by atoms with Gasteiger partial charge in [0.1, 0.15) is 5.75 Å². The molecule has 0 aromatic heterocycles. The van der Waals surface area contributed by atoms with Crippen LogP contribution >= 0.6 is 31.0 Å². The number of aliphatic hydroxyl groups excluding tert-OH is 1. The van der Waals surface area contributed by atoms with Crippen LogP contribution in [-0.4, -0.2) is 40.3 Å². The molecule has 0 saturated heterocycles. The maximum absolute atomic E-state index is 13.6. The van der Waals surface area contributed by atoms with Crippen LogP contribution in [0.2, 0.25) is 10.0 Å². The van der Waals surface area contributed by atoms with Gasteiger partial charge in [0.15, 0.2) is 0 Å². The average molecular weight is 546 g/mol. The number of phosphoric acid groups is 1. The van der Waals surface area contributed by atoms with Gasteiger partial charge >= 0.3 is 14.0 Å². The molecule has 2 aromatic rings. The minimum absolute atomic E-state index is 0.00178. The molecule has 190 valence electrons. The lowest BCUT2D eigenvalue weighted by Gasteiger charge is -2.27. The molecule has 7 nitrogen and oxygen atoms in total. The molecule has 0 amide bonds. The summed E-state index contributed by atoms with van der Waals surface area (Å²) < 4.78 is 61.4. The zero-order valence-corrected chi connectivity index (χ0v) is 20.3. The highest BCUT2D eigenvalue weighted by atomic mass is 35.5. The largest absolute Gasteiger partial charge is 0.493 e. The SMILES string of the molecule is NC(CO)(CCc1ccc(OCCCc2cc(Cl)ccc2Cl)c(C(F)(F)F)c1)COP(=O)(O)O. The van der Waals surface area contributed by atoms with Crippen molar-refractivity contribution in [2.45, 2.75) is 37.4 Å². The molecule has 2 rings (SSSR count). The molecule has 34 heavy (non-hydrogen) atoms. The van der Waals surface area contributed by atoms with Gasteiger partial charge in [-0.2, -0.15) is 13.2 Å². The van der Waals surface area contributed by atoms with E-state index in [0.29, 0.717) is 22.9 Å². The van der Waals surface area contributed by atoms with Gasteiger partial charge in [0.25, 0.3) is 0 Å². The summed E-state index contributed by atoms with van der Waals surface area (Å²) in [5.74, 6) is -0.334. The predicted octanol–water partition coefficient (Wildman–Crippen LogP) is 4.76. The van der Waals surface area contributed by atoms with Crippen molar-refractivity contribution in [3.63, 3.8) is 0 Å². The van der Waals surface area contributed by atoms with Crippen molar-refractivity contribution in [1.29, 1.82) is 0 Å². The molecule has 5 N–H and O–H groups in total. The van der Waals surface area contributed by atoms with Gasteiger partial charge in [0, 0.05) is 10.0 Å². The van der Waals surface area contributed by atoms with Gasteiger partial charge in [-0.25, -0.2) is 4.57 Å². The van der Waals surface area contributed by atoms with Crippen LogP contribution in [0.5, 0.6) is 5.75 Å². The molecule has 0 aliphatic carbocycles. The first-order valence-corrected chi connectivity index (χ1v) is 12.4. The van der Waals surface area contributed by atoms with Crippen LogP contribution in [-0.2, 0) is 28.1 Å². The first kappa shape index (κ1) is 28.9. The number of rotatable bonds is 12. The summed E-state index contributed by atoms with van der Waals surface area (Å²) in [5.41, 5.74) is 4.38. The Kier molecular flexibility index (Phi) is 10.2. The molecular formula is C21H25Cl2F3NO6P. The van der Waals surface area contributed by atoms with Gasteiger partial charge in [0.05, 0.1) is 30.9 Å². The summed E-state index contributed by atoms with van der Waals surface area (Å²) in [6.07, 6.45) is -3.89. The van der Waals surface area contributed by atoms with E-state index in [4.69, 9.17) is 43.5 Å². The second-order valence-corrected chi connectivity index (χ2v) is 9.88. The van der Waals surface area contributed by atoms with Crippen LogP contribution in [0.1, 0.15) is 29.5 Å². The lowest BCUT2D eigenvalue weighted by molar-refractivity contribution is -0.139. The topological polar surface area (TPSA) is 122 Å². The number of aryl methyl sites for hydroxylation is 2. The minimum atomic E-state index is -4.82. The molecule has 0 spiro atoms. The zero-order chi connectivity index (χ0) is 25.6. The summed E-state index contributed by atoms with van der Waals surface area (Å²) in [6, 6.07) is 8.53. The fourth-order valence-electron chi connectivity index (χ4n) is 3.06. The van der Waals surface area contributed by atoms with Gasteiger partial charge in [-0.05, 0) is 67.1 Å². The number of nitrogens with two attached hydrogens (primary N) is 1. The van der Waals surface area contributed by atoms with Crippen molar-refractivity contribution in [2.24, 2.45) is 5.73 Å². The highest BCUT2D eigenvalue weighted by Crippen LogP contribution is 2.38. The van der Waals surface area contributed by atoms with Crippen molar-refractivity contribution in [3.8, 4) is 5.75 Å². The monoisotopic (exact) mass is 545 g/mol. The van der Waals surface area contributed by atoms with E-state index in [1.807, 2.05) is 0 Å². The Labute approximate surface area is 204 Å². The Hall–Kier alpha value is -1.36. The number of halogens is 5. The molecule has 0 bridgehead atoms. The number of ether oxygens (including phenoxy) is 1. The van der Waals surface area contributed by atoms with Crippen molar-refractivity contribution in [1.82, 2.24) is 0 Å². The number of phosphoric ester groups is 1. The summed E-state index contributed by atoms with van der Waals surface area (Å²) in [5, 5.41) is 10.5. The fourth-order valence-corrected chi connectivity index (χ4v) is 3.89. The molecule has 2 aromatic carbocycles. The Balaban J connectivity index is 2.04. The van der Waals surface area contributed by atoms with Gasteiger partial charge < -0.3 is 25.4 Å². The van der Waals surface area contributed by atoms with E-state index in [1.165, 1.54) is 12.1 Å². The minimum Gasteiger partial charge on any atom is -0.493 e. The van der Waals surface area contributed by atoms with Gasteiger partial charge in [-0.3, -0.25) is 4.52 Å². The quantitative estimate of drug-likeness (QED) is 0.224.